The van der Waals surface area contributed by atoms with Crippen molar-refractivity contribution in [2.45, 2.75) is 6.42 Å². The van der Waals surface area contributed by atoms with Crippen molar-refractivity contribution in [3.8, 4) is 0 Å². The van der Waals surface area contributed by atoms with Crippen LogP contribution in [0.2, 0.25) is 0 Å². The van der Waals surface area contributed by atoms with E-state index in [2.05, 4.69) is 4.74 Å². The van der Waals surface area contributed by atoms with Crippen molar-refractivity contribution in [2.75, 3.05) is 12.3 Å². The summed E-state index contributed by atoms with van der Waals surface area (Å²) in [6.45, 7) is -0.303. The largest absolute Gasteiger partial charge is 0.481 e. The number of carbonyl (C=O) groups excluding carboxylic acids is 1. The number of rotatable bonds is 4. The van der Waals surface area contributed by atoms with Gasteiger partial charge in [0.1, 0.15) is 12.4 Å². The zero-order valence-corrected chi connectivity index (χ0v) is 8.27. The lowest BCUT2D eigenvalue weighted by atomic mass is 10.2. The molecule has 1 rings (SSSR count). The molecule has 0 heterocycles. The van der Waals surface area contributed by atoms with Crippen molar-refractivity contribution in [1.29, 1.82) is 0 Å². The molecule has 0 bridgehead atoms. The van der Waals surface area contributed by atoms with Crippen LogP contribution in [-0.2, 0) is 9.53 Å². The summed E-state index contributed by atoms with van der Waals surface area (Å²) in [5.74, 6) is -2.78. The summed E-state index contributed by atoms with van der Waals surface area (Å²) in [5.41, 5.74) is 5.30. The lowest BCUT2D eigenvalue weighted by Gasteiger charge is -2.04. The van der Waals surface area contributed by atoms with Gasteiger partial charge in [-0.05, 0) is 18.2 Å². The fourth-order valence-electron chi connectivity index (χ4n) is 1.01. The zero-order valence-electron chi connectivity index (χ0n) is 8.27. The van der Waals surface area contributed by atoms with Crippen LogP contribution >= 0.6 is 0 Å². The predicted molar refractivity (Wildman–Crippen MR) is 53.3 cm³/mol. The lowest BCUT2D eigenvalue weighted by Crippen LogP contribution is -2.11. The summed E-state index contributed by atoms with van der Waals surface area (Å²) in [7, 11) is 0. The van der Waals surface area contributed by atoms with Crippen molar-refractivity contribution < 1.29 is 23.8 Å². The van der Waals surface area contributed by atoms with Gasteiger partial charge in [-0.25, -0.2) is 9.18 Å². The SMILES string of the molecule is Nc1ccc(F)c(C(=O)OCCC(=O)O)c1. The van der Waals surface area contributed by atoms with Crippen molar-refractivity contribution in [3.05, 3.63) is 29.6 Å². The molecule has 0 aromatic heterocycles. The Kier molecular flexibility index (Phi) is 3.82. The summed E-state index contributed by atoms with van der Waals surface area (Å²) in [4.78, 5) is 21.4. The molecule has 1 aromatic carbocycles. The van der Waals surface area contributed by atoms with Crippen LogP contribution in [0.4, 0.5) is 10.1 Å². The summed E-state index contributed by atoms with van der Waals surface area (Å²) in [6.07, 6.45) is -0.324. The van der Waals surface area contributed by atoms with Gasteiger partial charge in [0.15, 0.2) is 0 Å². The molecular formula is C10H10FNO4. The number of carboxylic acid groups (broad SMARTS) is 1. The fourth-order valence-corrected chi connectivity index (χ4v) is 1.01. The molecule has 6 heteroatoms. The summed E-state index contributed by atoms with van der Waals surface area (Å²) < 4.78 is 17.7. The number of benzene rings is 1. The van der Waals surface area contributed by atoms with Gasteiger partial charge >= 0.3 is 11.9 Å². The van der Waals surface area contributed by atoms with E-state index in [1.165, 1.54) is 6.07 Å². The Morgan fingerprint density at radius 3 is 2.75 bits per heavy atom. The zero-order chi connectivity index (χ0) is 12.1. The number of aliphatic carboxylic acids is 1. The van der Waals surface area contributed by atoms with E-state index < -0.39 is 17.8 Å². The van der Waals surface area contributed by atoms with E-state index >= 15 is 0 Å². The van der Waals surface area contributed by atoms with E-state index in [1.807, 2.05) is 0 Å². The second-order valence-electron chi connectivity index (χ2n) is 3.02. The van der Waals surface area contributed by atoms with E-state index in [-0.39, 0.29) is 24.3 Å². The van der Waals surface area contributed by atoms with Crippen LogP contribution < -0.4 is 5.73 Å². The lowest BCUT2D eigenvalue weighted by molar-refractivity contribution is -0.137. The van der Waals surface area contributed by atoms with Crippen molar-refractivity contribution in [1.82, 2.24) is 0 Å². The Labute approximate surface area is 90.6 Å². The molecule has 86 valence electrons. The minimum Gasteiger partial charge on any atom is -0.481 e. The summed E-state index contributed by atoms with van der Waals surface area (Å²) in [6, 6.07) is 3.49. The maximum Gasteiger partial charge on any atom is 0.341 e. The van der Waals surface area contributed by atoms with Gasteiger partial charge in [-0.1, -0.05) is 0 Å². The number of carboxylic acids is 1. The van der Waals surface area contributed by atoms with Crippen molar-refractivity contribution in [3.63, 3.8) is 0 Å². The highest BCUT2D eigenvalue weighted by Crippen LogP contribution is 2.13. The normalized spacial score (nSPS) is 9.81. The predicted octanol–water partition coefficient (Wildman–Crippen LogP) is 1.04. The summed E-state index contributed by atoms with van der Waals surface area (Å²) >= 11 is 0. The second-order valence-corrected chi connectivity index (χ2v) is 3.02. The smallest absolute Gasteiger partial charge is 0.341 e. The average molecular weight is 227 g/mol. The number of hydrogen-bond donors (Lipinski definition) is 2. The van der Waals surface area contributed by atoms with Gasteiger partial charge in [0, 0.05) is 5.69 Å². The molecule has 1 aromatic rings. The van der Waals surface area contributed by atoms with E-state index in [9.17, 15) is 14.0 Å². The number of hydrogen-bond acceptors (Lipinski definition) is 4. The first-order valence-corrected chi connectivity index (χ1v) is 4.44. The molecule has 0 atom stereocenters. The van der Waals surface area contributed by atoms with Crippen molar-refractivity contribution >= 4 is 17.6 Å². The van der Waals surface area contributed by atoms with Gasteiger partial charge in [-0.15, -0.1) is 0 Å². The highest BCUT2D eigenvalue weighted by molar-refractivity contribution is 5.90. The topological polar surface area (TPSA) is 89.6 Å². The van der Waals surface area contributed by atoms with Crippen LogP contribution in [-0.4, -0.2) is 23.7 Å². The average Bonchev–Trinajstić information content (AvgIpc) is 2.21. The maximum atomic E-state index is 13.1. The molecule has 16 heavy (non-hydrogen) atoms. The number of ether oxygens (including phenoxy) is 1. The van der Waals surface area contributed by atoms with Gasteiger partial charge in [0.25, 0.3) is 0 Å². The van der Waals surface area contributed by atoms with Crippen LogP contribution in [0.3, 0.4) is 0 Å². The molecule has 0 amide bonds. The third-order valence-corrected chi connectivity index (χ3v) is 1.76. The minimum absolute atomic E-state index is 0.228. The molecule has 0 saturated carbocycles. The van der Waals surface area contributed by atoms with Crippen LogP contribution in [0.25, 0.3) is 0 Å². The van der Waals surface area contributed by atoms with E-state index in [0.29, 0.717) is 0 Å². The molecule has 0 radical (unpaired) electrons. The number of carbonyl (C=O) groups is 2. The minimum atomic E-state index is -1.10. The number of esters is 1. The Hall–Kier alpha value is -2.11. The molecule has 0 aliphatic heterocycles. The van der Waals surface area contributed by atoms with Gasteiger partial charge in [0.05, 0.1) is 12.0 Å². The van der Waals surface area contributed by atoms with Crippen LogP contribution in [0, 0.1) is 5.82 Å². The first-order valence-electron chi connectivity index (χ1n) is 4.44. The van der Waals surface area contributed by atoms with Gasteiger partial charge in [-0.2, -0.15) is 0 Å². The van der Waals surface area contributed by atoms with E-state index in [0.717, 1.165) is 12.1 Å². The monoisotopic (exact) mass is 227 g/mol. The third kappa shape index (κ3) is 3.23. The van der Waals surface area contributed by atoms with Crippen molar-refractivity contribution in [2.24, 2.45) is 0 Å². The molecule has 0 unspecified atom stereocenters. The van der Waals surface area contributed by atoms with Gasteiger partial charge in [-0.3, -0.25) is 4.79 Å². The molecule has 0 aliphatic carbocycles. The second kappa shape index (κ2) is 5.11. The molecule has 0 spiro atoms. The number of anilines is 1. The van der Waals surface area contributed by atoms with E-state index in [1.54, 1.807) is 0 Å². The number of halogens is 1. The fraction of sp³-hybridized carbons (Fsp3) is 0.200. The molecule has 0 aliphatic rings. The molecule has 3 N–H and O–H groups in total. The maximum absolute atomic E-state index is 13.1. The van der Waals surface area contributed by atoms with Gasteiger partial charge < -0.3 is 15.6 Å². The highest BCUT2D eigenvalue weighted by Gasteiger charge is 2.13. The molecule has 0 fully saturated rings. The molecule has 5 nitrogen and oxygen atoms in total. The van der Waals surface area contributed by atoms with E-state index in [4.69, 9.17) is 10.8 Å². The summed E-state index contributed by atoms with van der Waals surface area (Å²) in [5, 5.41) is 8.31. The quantitative estimate of drug-likeness (QED) is 0.592. The third-order valence-electron chi connectivity index (χ3n) is 1.76. The van der Waals surface area contributed by atoms with Crippen LogP contribution in [0.1, 0.15) is 16.8 Å². The standard InChI is InChI=1S/C10H10FNO4/c11-8-2-1-6(12)5-7(8)10(15)16-4-3-9(13)14/h1-2,5H,3-4,12H2,(H,13,14). The highest BCUT2D eigenvalue weighted by atomic mass is 19.1. The Bertz CT molecular complexity index is 419. The Morgan fingerprint density at radius 1 is 1.44 bits per heavy atom. The van der Waals surface area contributed by atoms with Gasteiger partial charge in [0.2, 0.25) is 0 Å². The van der Waals surface area contributed by atoms with Crippen LogP contribution in [0.15, 0.2) is 18.2 Å². The first-order chi connectivity index (χ1) is 7.50. The first kappa shape index (κ1) is 12.0. The van der Waals surface area contributed by atoms with Crippen LogP contribution in [0.5, 0.6) is 0 Å². The number of nitrogen functional groups attached to an aromatic ring is 1. The Morgan fingerprint density at radius 2 is 2.12 bits per heavy atom. The molecular weight excluding hydrogens is 217 g/mol. The molecule has 0 saturated heterocycles. The Balaban J connectivity index is 2.65. The number of nitrogens with two attached hydrogens (primary N) is 1.